The van der Waals surface area contributed by atoms with E-state index in [9.17, 15) is 9.18 Å². The van der Waals surface area contributed by atoms with Crippen LogP contribution in [0.3, 0.4) is 0 Å². The molecule has 0 bridgehead atoms. The van der Waals surface area contributed by atoms with Gasteiger partial charge in [0.05, 0.1) is 13.2 Å². The molecule has 1 unspecified atom stereocenters. The first kappa shape index (κ1) is 15.6. The first-order chi connectivity index (χ1) is 9.08. The molecule has 0 aliphatic heterocycles. The second kappa shape index (κ2) is 7.88. The summed E-state index contributed by atoms with van der Waals surface area (Å²) in [6, 6.07) is 5.62. The Morgan fingerprint density at radius 2 is 2.26 bits per heavy atom. The second-order valence-corrected chi connectivity index (χ2v) is 4.04. The Morgan fingerprint density at radius 1 is 1.53 bits per heavy atom. The highest BCUT2D eigenvalue weighted by Crippen LogP contribution is 2.08. The zero-order chi connectivity index (χ0) is 14.3. The van der Waals surface area contributed by atoms with Crippen LogP contribution in [0.2, 0.25) is 0 Å². The van der Waals surface area contributed by atoms with E-state index in [0.717, 1.165) is 10.6 Å². The number of benzene rings is 1. The van der Waals surface area contributed by atoms with E-state index in [4.69, 9.17) is 9.49 Å². The summed E-state index contributed by atoms with van der Waals surface area (Å²) in [5, 5.41) is 4.07. The molecule has 5 nitrogen and oxygen atoms in total. The summed E-state index contributed by atoms with van der Waals surface area (Å²) in [7, 11) is 4.68. The topological polar surface area (TPSA) is 50.8 Å². The molecular formula is C12H18BFN2O3. The number of hydrogen-bond donors (Lipinski definition) is 1. The molecule has 0 saturated carbocycles. The number of halogens is 1. The molecule has 7 heteroatoms. The van der Waals surface area contributed by atoms with Crippen LogP contribution in [-0.4, -0.2) is 45.9 Å². The van der Waals surface area contributed by atoms with Crippen LogP contribution in [0.4, 0.5) is 4.39 Å². The van der Waals surface area contributed by atoms with Crippen molar-refractivity contribution in [1.29, 1.82) is 0 Å². The Balaban J connectivity index is 2.76. The largest absolute Gasteiger partial charge is 0.427 e. The van der Waals surface area contributed by atoms with Crippen LogP contribution in [0.1, 0.15) is 5.56 Å². The van der Waals surface area contributed by atoms with Gasteiger partial charge in [0.1, 0.15) is 5.82 Å². The molecule has 1 aromatic rings. The van der Waals surface area contributed by atoms with Gasteiger partial charge >= 0.3 is 7.62 Å². The van der Waals surface area contributed by atoms with Gasteiger partial charge in [-0.1, -0.05) is 12.1 Å². The van der Waals surface area contributed by atoms with Crippen molar-refractivity contribution in [2.75, 3.05) is 21.3 Å². The lowest BCUT2D eigenvalue weighted by atomic mass is 10.0. The Labute approximate surface area is 112 Å². The lowest BCUT2D eigenvalue weighted by Gasteiger charge is -2.22. The summed E-state index contributed by atoms with van der Waals surface area (Å²) >= 11 is 0. The van der Waals surface area contributed by atoms with E-state index in [1.54, 1.807) is 12.1 Å². The van der Waals surface area contributed by atoms with E-state index in [1.807, 2.05) is 0 Å². The highest BCUT2D eigenvalue weighted by atomic mass is 19.1. The van der Waals surface area contributed by atoms with E-state index in [2.05, 4.69) is 5.23 Å². The quantitative estimate of drug-likeness (QED) is 0.569. The smallest absolute Gasteiger partial charge is 0.361 e. The normalized spacial score (nSPS) is 12.0. The fraction of sp³-hybridized carbons (Fsp3) is 0.417. The molecule has 1 amide bonds. The first-order valence-electron chi connectivity index (χ1n) is 5.87. The van der Waals surface area contributed by atoms with Gasteiger partial charge in [0.15, 0.2) is 0 Å². The summed E-state index contributed by atoms with van der Waals surface area (Å²) in [5.41, 5.74) is 0.728. The molecule has 1 aromatic carbocycles. The number of nitrogens with one attached hydrogen (secondary N) is 1. The van der Waals surface area contributed by atoms with Gasteiger partial charge in [-0.3, -0.25) is 9.63 Å². The van der Waals surface area contributed by atoms with Gasteiger partial charge in [0.25, 0.3) is 5.91 Å². The van der Waals surface area contributed by atoms with Crippen LogP contribution < -0.4 is 5.23 Å². The Morgan fingerprint density at radius 3 is 2.84 bits per heavy atom. The maximum absolute atomic E-state index is 13.1. The van der Waals surface area contributed by atoms with Crippen LogP contribution in [0.15, 0.2) is 24.3 Å². The van der Waals surface area contributed by atoms with Gasteiger partial charge in [-0.25, -0.2) is 9.45 Å². The maximum Gasteiger partial charge on any atom is 0.361 e. The number of hydrogen-bond acceptors (Lipinski definition) is 4. The highest BCUT2D eigenvalue weighted by molar-refractivity contribution is 6.24. The average molecular weight is 268 g/mol. The van der Waals surface area contributed by atoms with Gasteiger partial charge in [0.2, 0.25) is 0 Å². The summed E-state index contributed by atoms with van der Waals surface area (Å²) in [5.74, 6) is -0.570. The minimum atomic E-state index is -0.535. The predicted octanol–water partition coefficient (Wildman–Crippen LogP) is 0.259. The molecule has 0 spiro atoms. The molecule has 0 radical (unpaired) electrons. The van der Waals surface area contributed by atoms with Gasteiger partial charge in [-0.05, 0) is 24.1 Å². The monoisotopic (exact) mass is 268 g/mol. The number of likely N-dealkylation sites (N-methyl/N-ethyl adjacent to an activating group) is 1. The molecule has 0 fully saturated rings. The van der Waals surface area contributed by atoms with Crippen molar-refractivity contribution in [1.82, 2.24) is 10.3 Å². The molecular weight excluding hydrogens is 250 g/mol. The van der Waals surface area contributed by atoms with Crippen LogP contribution in [0.5, 0.6) is 0 Å². The third-order valence-corrected chi connectivity index (χ3v) is 2.69. The Hall–Kier alpha value is -1.44. The molecule has 0 aliphatic rings. The van der Waals surface area contributed by atoms with E-state index in [-0.39, 0.29) is 19.3 Å². The summed E-state index contributed by atoms with van der Waals surface area (Å²) in [6.45, 7) is 0. The summed E-state index contributed by atoms with van der Waals surface area (Å²) in [6.07, 6.45) is 0.355. The number of nitrogens with zero attached hydrogens (tertiary/aromatic N) is 1. The third-order valence-electron chi connectivity index (χ3n) is 2.69. The SMILES string of the molecule is COBNC(Cc1cccc(F)c1)C(=O)N(C)OC. The fourth-order valence-corrected chi connectivity index (χ4v) is 1.64. The van der Waals surface area contributed by atoms with Crippen molar-refractivity contribution in [3.05, 3.63) is 35.6 Å². The molecule has 1 atom stereocenters. The van der Waals surface area contributed by atoms with Crippen molar-refractivity contribution >= 4 is 13.5 Å². The van der Waals surface area contributed by atoms with Crippen LogP contribution in [0, 0.1) is 5.82 Å². The lowest BCUT2D eigenvalue weighted by molar-refractivity contribution is -0.170. The number of hydroxylamine groups is 2. The van der Waals surface area contributed by atoms with Crippen molar-refractivity contribution in [3.8, 4) is 0 Å². The van der Waals surface area contributed by atoms with E-state index >= 15 is 0 Å². The van der Waals surface area contributed by atoms with Crippen molar-refractivity contribution in [3.63, 3.8) is 0 Å². The molecule has 1 N–H and O–H groups in total. The lowest BCUT2D eigenvalue weighted by Crippen LogP contribution is -2.47. The third kappa shape index (κ3) is 4.98. The molecule has 0 aliphatic carbocycles. The second-order valence-electron chi connectivity index (χ2n) is 4.04. The van der Waals surface area contributed by atoms with Gasteiger partial charge in [-0.15, -0.1) is 0 Å². The fourth-order valence-electron chi connectivity index (χ4n) is 1.64. The van der Waals surface area contributed by atoms with Crippen LogP contribution in [-0.2, 0) is 20.7 Å². The summed E-state index contributed by atoms with van der Waals surface area (Å²) in [4.78, 5) is 16.9. The minimum absolute atomic E-state index is 0.225. The average Bonchev–Trinajstić information content (AvgIpc) is 2.41. The van der Waals surface area contributed by atoms with E-state index < -0.39 is 6.04 Å². The Kier molecular flexibility index (Phi) is 6.48. The number of carbonyl (C=O) groups excluding carboxylic acids is 1. The molecule has 19 heavy (non-hydrogen) atoms. The van der Waals surface area contributed by atoms with Gasteiger partial charge in [-0.2, -0.15) is 0 Å². The maximum atomic E-state index is 13.1. The zero-order valence-electron chi connectivity index (χ0n) is 11.4. The minimum Gasteiger partial charge on any atom is -0.427 e. The van der Waals surface area contributed by atoms with Crippen LogP contribution in [0.25, 0.3) is 0 Å². The van der Waals surface area contributed by atoms with Crippen LogP contribution >= 0.6 is 0 Å². The zero-order valence-corrected chi connectivity index (χ0v) is 11.4. The highest BCUT2D eigenvalue weighted by Gasteiger charge is 2.22. The molecule has 1 rings (SSSR count). The number of carbonyl (C=O) groups is 1. The van der Waals surface area contributed by atoms with Gasteiger partial charge < -0.3 is 9.88 Å². The molecule has 0 saturated heterocycles. The Bertz CT molecular complexity index is 420. The van der Waals surface area contributed by atoms with Gasteiger partial charge in [0, 0.05) is 14.2 Å². The standard InChI is InChI=1S/C12H18BFN2O3/c1-16(19-3)12(17)11(15-13-18-2)8-9-5-4-6-10(14)7-9/h4-7,11,13,15H,8H2,1-3H3. The number of amides is 1. The van der Waals surface area contributed by atoms with Crippen molar-refractivity contribution in [2.24, 2.45) is 0 Å². The first-order valence-corrected chi connectivity index (χ1v) is 5.87. The summed E-state index contributed by atoms with van der Waals surface area (Å²) < 4.78 is 18.0. The number of rotatable bonds is 7. The van der Waals surface area contributed by atoms with E-state index in [0.29, 0.717) is 6.42 Å². The molecule has 0 heterocycles. The van der Waals surface area contributed by atoms with Crippen molar-refractivity contribution < 1.29 is 18.7 Å². The molecule has 0 aromatic heterocycles. The predicted molar refractivity (Wildman–Crippen MR) is 71.0 cm³/mol. The van der Waals surface area contributed by atoms with E-state index in [1.165, 1.54) is 33.4 Å². The van der Waals surface area contributed by atoms with Crippen molar-refractivity contribution in [2.45, 2.75) is 12.5 Å². The molecule has 104 valence electrons.